The van der Waals surface area contributed by atoms with Crippen molar-refractivity contribution in [1.29, 1.82) is 0 Å². The number of hydrogen-bond acceptors (Lipinski definition) is 4. The number of carbonyl (C=O) groups is 1. The minimum Gasteiger partial charge on any atom is -0.455 e. The van der Waals surface area contributed by atoms with Crippen LogP contribution in [0.1, 0.15) is 11.1 Å². The Kier molecular flexibility index (Phi) is 5.56. The first kappa shape index (κ1) is 16.6. The molecule has 2 aromatic carbocycles. The van der Waals surface area contributed by atoms with Crippen LogP contribution in [0.5, 0.6) is 0 Å². The van der Waals surface area contributed by atoms with Gasteiger partial charge in [0.05, 0.1) is 19.8 Å². The highest BCUT2D eigenvalue weighted by atomic mass is 19.1. The fourth-order valence-corrected chi connectivity index (χ4v) is 2.56. The number of halogens is 1. The molecule has 126 valence electrons. The van der Waals surface area contributed by atoms with Crippen molar-refractivity contribution < 1.29 is 23.4 Å². The molecule has 24 heavy (non-hydrogen) atoms. The molecule has 0 N–H and O–H groups in total. The van der Waals surface area contributed by atoms with Crippen LogP contribution < -0.4 is 0 Å². The SMILES string of the molecule is O=C1OC(COCc2ccccc2)C(OCc2ccccc2)[C@H]1F. The van der Waals surface area contributed by atoms with Crippen LogP contribution in [0.4, 0.5) is 4.39 Å². The maximum atomic E-state index is 14.0. The Morgan fingerprint density at radius 3 is 2.12 bits per heavy atom. The second kappa shape index (κ2) is 8.04. The third-order valence-electron chi connectivity index (χ3n) is 3.83. The van der Waals surface area contributed by atoms with Crippen molar-refractivity contribution in [2.45, 2.75) is 31.6 Å². The van der Waals surface area contributed by atoms with E-state index in [0.717, 1.165) is 11.1 Å². The zero-order chi connectivity index (χ0) is 16.8. The molecule has 2 unspecified atom stereocenters. The predicted molar refractivity (Wildman–Crippen MR) is 85.9 cm³/mol. The zero-order valence-electron chi connectivity index (χ0n) is 13.1. The Hall–Kier alpha value is -2.24. The minimum absolute atomic E-state index is 0.0977. The lowest BCUT2D eigenvalue weighted by Crippen LogP contribution is -2.34. The van der Waals surface area contributed by atoms with Crippen molar-refractivity contribution in [1.82, 2.24) is 0 Å². The highest BCUT2D eigenvalue weighted by Gasteiger charge is 2.46. The standard InChI is InChI=1S/C19H19FO4/c20-17-18(23-12-15-9-5-2-6-10-15)16(24-19(17)21)13-22-11-14-7-3-1-4-8-14/h1-10,16-18H,11-13H2/t16?,17-,18?/m1/s1. The van der Waals surface area contributed by atoms with Gasteiger partial charge in [0.15, 0.2) is 6.10 Å². The Morgan fingerprint density at radius 2 is 1.50 bits per heavy atom. The third-order valence-corrected chi connectivity index (χ3v) is 3.83. The molecule has 0 amide bonds. The summed E-state index contributed by atoms with van der Waals surface area (Å²) in [6.07, 6.45) is -3.47. The summed E-state index contributed by atoms with van der Waals surface area (Å²) in [5.41, 5.74) is 1.91. The number of ether oxygens (including phenoxy) is 3. The van der Waals surface area contributed by atoms with Gasteiger partial charge in [0, 0.05) is 0 Å². The summed E-state index contributed by atoms with van der Waals surface area (Å²) >= 11 is 0. The van der Waals surface area contributed by atoms with Gasteiger partial charge in [-0.2, -0.15) is 0 Å². The van der Waals surface area contributed by atoms with Crippen molar-refractivity contribution in [2.24, 2.45) is 0 Å². The molecule has 1 aliphatic heterocycles. The van der Waals surface area contributed by atoms with E-state index in [2.05, 4.69) is 0 Å². The van der Waals surface area contributed by atoms with Crippen LogP contribution in [-0.4, -0.2) is 31.0 Å². The Balaban J connectivity index is 1.53. The van der Waals surface area contributed by atoms with E-state index in [9.17, 15) is 9.18 Å². The summed E-state index contributed by atoms with van der Waals surface area (Å²) in [6, 6.07) is 19.0. The summed E-state index contributed by atoms with van der Waals surface area (Å²) < 4.78 is 30.2. The molecule has 0 saturated carbocycles. The number of esters is 1. The van der Waals surface area contributed by atoms with E-state index in [0.29, 0.717) is 6.61 Å². The molecular weight excluding hydrogens is 311 g/mol. The van der Waals surface area contributed by atoms with Gasteiger partial charge in [-0.1, -0.05) is 60.7 Å². The summed E-state index contributed by atoms with van der Waals surface area (Å²) in [6.45, 7) is 0.690. The molecular formula is C19H19FO4. The van der Waals surface area contributed by atoms with Crippen LogP contribution in [0.2, 0.25) is 0 Å². The van der Waals surface area contributed by atoms with Gasteiger partial charge in [0.1, 0.15) is 6.10 Å². The number of benzene rings is 2. The highest BCUT2D eigenvalue weighted by Crippen LogP contribution is 2.24. The Labute approximate surface area is 140 Å². The topological polar surface area (TPSA) is 44.8 Å². The van der Waals surface area contributed by atoms with Gasteiger partial charge in [0.2, 0.25) is 6.17 Å². The van der Waals surface area contributed by atoms with E-state index in [4.69, 9.17) is 14.2 Å². The molecule has 4 nitrogen and oxygen atoms in total. The van der Waals surface area contributed by atoms with Gasteiger partial charge in [-0.05, 0) is 11.1 Å². The van der Waals surface area contributed by atoms with E-state index in [1.54, 1.807) is 0 Å². The average Bonchev–Trinajstić information content (AvgIpc) is 2.89. The summed E-state index contributed by atoms with van der Waals surface area (Å²) in [5, 5.41) is 0. The second-order valence-corrected chi connectivity index (χ2v) is 5.64. The van der Waals surface area contributed by atoms with Gasteiger partial charge in [-0.15, -0.1) is 0 Å². The largest absolute Gasteiger partial charge is 0.455 e. The minimum atomic E-state index is -1.78. The van der Waals surface area contributed by atoms with Crippen molar-refractivity contribution in [3.05, 3.63) is 71.8 Å². The fraction of sp³-hybridized carbons (Fsp3) is 0.316. The number of rotatable bonds is 7. The van der Waals surface area contributed by atoms with Crippen LogP contribution >= 0.6 is 0 Å². The van der Waals surface area contributed by atoms with Crippen LogP contribution in [0.3, 0.4) is 0 Å². The quantitative estimate of drug-likeness (QED) is 0.732. The van der Waals surface area contributed by atoms with E-state index < -0.39 is 24.3 Å². The fourth-order valence-electron chi connectivity index (χ4n) is 2.56. The maximum absolute atomic E-state index is 14.0. The number of alkyl halides is 1. The molecule has 3 rings (SSSR count). The van der Waals surface area contributed by atoms with Crippen LogP contribution in [0, 0.1) is 0 Å². The van der Waals surface area contributed by atoms with Gasteiger partial charge in [-0.25, -0.2) is 9.18 Å². The van der Waals surface area contributed by atoms with Crippen molar-refractivity contribution >= 4 is 5.97 Å². The normalized spacial score (nSPS) is 23.2. The van der Waals surface area contributed by atoms with Crippen LogP contribution in [0.15, 0.2) is 60.7 Å². The molecule has 0 aliphatic carbocycles. The van der Waals surface area contributed by atoms with Gasteiger partial charge in [-0.3, -0.25) is 0 Å². The van der Waals surface area contributed by atoms with E-state index in [-0.39, 0.29) is 13.2 Å². The van der Waals surface area contributed by atoms with Gasteiger partial charge >= 0.3 is 5.97 Å². The highest BCUT2D eigenvalue weighted by molar-refractivity contribution is 5.78. The molecule has 1 heterocycles. The smallest absolute Gasteiger partial charge is 0.344 e. The van der Waals surface area contributed by atoms with E-state index >= 15 is 0 Å². The summed E-state index contributed by atoms with van der Waals surface area (Å²) in [4.78, 5) is 11.5. The van der Waals surface area contributed by atoms with Crippen molar-refractivity contribution in [3.63, 3.8) is 0 Å². The summed E-state index contributed by atoms with van der Waals surface area (Å²) in [7, 11) is 0. The summed E-state index contributed by atoms with van der Waals surface area (Å²) in [5.74, 6) is -0.888. The molecule has 0 radical (unpaired) electrons. The van der Waals surface area contributed by atoms with Gasteiger partial charge in [0.25, 0.3) is 0 Å². The number of carbonyl (C=O) groups excluding carboxylic acids is 1. The molecule has 0 aromatic heterocycles. The maximum Gasteiger partial charge on any atom is 0.344 e. The lowest BCUT2D eigenvalue weighted by atomic mass is 10.1. The molecule has 2 aromatic rings. The molecule has 1 aliphatic rings. The lowest BCUT2D eigenvalue weighted by Gasteiger charge is -2.19. The third kappa shape index (κ3) is 4.19. The molecule has 1 fully saturated rings. The molecule has 0 bridgehead atoms. The van der Waals surface area contributed by atoms with Gasteiger partial charge < -0.3 is 14.2 Å². The van der Waals surface area contributed by atoms with Crippen LogP contribution in [-0.2, 0) is 32.2 Å². The monoisotopic (exact) mass is 330 g/mol. The van der Waals surface area contributed by atoms with Crippen LogP contribution in [0.25, 0.3) is 0 Å². The number of cyclic esters (lactones) is 1. The Bertz CT molecular complexity index is 647. The number of hydrogen-bond donors (Lipinski definition) is 0. The molecule has 0 spiro atoms. The lowest BCUT2D eigenvalue weighted by molar-refractivity contribution is -0.147. The average molecular weight is 330 g/mol. The molecule has 3 atom stereocenters. The second-order valence-electron chi connectivity index (χ2n) is 5.64. The first-order chi connectivity index (χ1) is 11.7. The first-order valence-corrected chi connectivity index (χ1v) is 7.86. The predicted octanol–water partition coefficient (Wildman–Crippen LogP) is 3.05. The van der Waals surface area contributed by atoms with Crippen molar-refractivity contribution in [3.8, 4) is 0 Å². The Morgan fingerprint density at radius 1 is 0.917 bits per heavy atom. The molecule has 5 heteroatoms. The van der Waals surface area contributed by atoms with E-state index in [1.807, 2.05) is 60.7 Å². The zero-order valence-corrected chi connectivity index (χ0v) is 13.1. The van der Waals surface area contributed by atoms with Crippen molar-refractivity contribution in [2.75, 3.05) is 6.61 Å². The first-order valence-electron chi connectivity index (χ1n) is 7.86. The van der Waals surface area contributed by atoms with E-state index in [1.165, 1.54) is 0 Å². The molecule has 1 saturated heterocycles.